The van der Waals surface area contributed by atoms with Crippen molar-refractivity contribution in [2.24, 2.45) is 0 Å². The highest BCUT2D eigenvalue weighted by molar-refractivity contribution is 5.80. The van der Waals surface area contributed by atoms with Crippen molar-refractivity contribution in [2.45, 2.75) is 98.6 Å². The van der Waals surface area contributed by atoms with Crippen LogP contribution in [0.15, 0.2) is 61.0 Å². The minimum atomic E-state index is -0.350. The van der Waals surface area contributed by atoms with E-state index in [9.17, 15) is 0 Å². The third-order valence-corrected chi connectivity index (χ3v) is 7.10. The number of para-hydroxylation sites is 2. The fourth-order valence-electron chi connectivity index (χ4n) is 5.38. The second-order valence-electron chi connectivity index (χ2n) is 11.2. The first-order valence-electron chi connectivity index (χ1n) is 12.6. The Balaban J connectivity index is 2.34. The Morgan fingerprint density at radius 3 is 1.00 bits per heavy atom. The second-order valence-corrected chi connectivity index (χ2v) is 11.2. The summed E-state index contributed by atoms with van der Waals surface area (Å²) in [5.41, 5.74) is 9.70. The van der Waals surface area contributed by atoms with Gasteiger partial charge in [0.25, 0.3) is 0 Å². The van der Waals surface area contributed by atoms with Crippen molar-refractivity contribution in [2.75, 3.05) is 9.80 Å². The molecule has 0 saturated carbocycles. The highest BCUT2D eigenvalue weighted by Gasteiger charge is 2.47. The van der Waals surface area contributed by atoms with Gasteiger partial charge in [0.15, 0.2) is 0 Å². The highest BCUT2D eigenvalue weighted by atomic mass is 15.5. The van der Waals surface area contributed by atoms with Crippen LogP contribution in [0.3, 0.4) is 0 Å². The van der Waals surface area contributed by atoms with Crippen LogP contribution in [0.5, 0.6) is 0 Å². The van der Waals surface area contributed by atoms with Gasteiger partial charge in [-0.15, -0.1) is 0 Å². The lowest BCUT2D eigenvalue weighted by molar-refractivity contribution is 0.526. The van der Waals surface area contributed by atoms with E-state index in [0.29, 0.717) is 23.7 Å². The van der Waals surface area contributed by atoms with Gasteiger partial charge in [-0.3, -0.25) is 0 Å². The zero-order chi connectivity index (χ0) is 24.8. The summed E-state index contributed by atoms with van der Waals surface area (Å²) in [6.45, 7) is 32.1. The summed E-state index contributed by atoms with van der Waals surface area (Å²) in [7, 11) is 0. The zero-order valence-corrected chi connectivity index (χ0v) is 22.6. The van der Waals surface area contributed by atoms with Gasteiger partial charge in [0.2, 0.25) is 0 Å². The summed E-state index contributed by atoms with van der Waals surface area (Å²) in [5.74, 6) is 1.66. The smallest absolute Gasteiger partial charge is 0.116 e. The van der Waals surface area contributed by atoms with E-state index < -0.39 is 0 Å². The Labute approximate surface area is 203 Å². The fourth-order valence-corrected chi connectivity index (χ4v) is 5.38. The minimum Gasteiger partial charge on any atom is -0.316 e. The molecule has 0 N–H and O–H groups in total. The topological polar surface area (TPSA) is 6.48 Å². The number of nitrogens with zero attached hydrogens (tertiary/aromatic N) is 2. The van der Waals surface area contributed by atoms with Gasteiger partial charge in [0, 0.05) is 0 Å². The van der Waals surface area contributed by atoms with Crippen LogP contribution in [0.2, 0.25) is 0 Å². The molecule has 0 unspecified atom stereocenters. The van der Waals surface area contributed by atoms with Crippen molar-refractivity contribution in [1.82, 2.24) is 0 Å². The van der Waals surface area contributed by atoms with Crippen LogP contribution < -0.4 is 9.80 Å². The average Bonchev–Trinajstić information content (AvgIpc) is 2.90. The molecule has 1 saturated heterocycles. The summed E-state index contributed by atoms with van der Waals surface area (Å²) < 4.78 is 0. The molecule has 0 aliphatic carbocycles. The van der Waals surface area contributed by atoms with Gasteiger partial charge in [-0.05, 0) is 59.8 Å². The third kappa shape index (κ3) is 4.14. The lowest BCUT2D eigenvalue weighted by atomic mass is 9.90. The van der Waals surface area contributed by atoms with Crippen LogP contribution in [-0.4, -0.2) is 5.66 Å². The van der Waals surface area contributed by atoms with Crippen LogP contribution in [-0.2, 0) is 0 Å². The second kappa shape index (κ2) is 9.05. The van der Waals surface area contributed by atoms with Crippen LogP contribution >= 0.6 is 0 Å². The molecular formula is C31H44N2. The molecule has 0 radical (unpaired) electrons. The van der Waals surface area contributed by atoms with Gasteiger partial charge < -0.3 is 9.80 Å². The molecule has 0 spiro atoms. The number of rotatable bonds is 6. The van der Waals surface area contributed by atoms with Gasteiger partial charge in [-0.2, -0.15) is 0 Å². The normalized spacial score (nSPS) is 16.3. The molecule has 0 aromatic heterocycles. The molecule has 3 rings (SSSR count). The Morgan fingerprint density at radius 2 is 0.788 bits per heavy atom. The van der Waals surface area contributed by atoms with Crippen molar-refractivity contribution in [3.63, 3.8) is 0 Å². The first-order chi connectivity index (χ1) is 15.3. The molecule has 2 nitrogen and oxygen atoms in total. The summed E-state index contributed by atoms with van der Waals surface area (Å²) >= 11 is 0. The SMILES string of the molecule is C=C1C(=C)N(c2c(C(C)C)cccc2C(C)C)C(C)(C)N1c1c(C(C)C)cccc1C(C)C. The third-order valence-electron chi connectivity index (χ3n) is 7.10. The van der Waals surface area contributed by atoms with E-state index in [0.717, 1.165) is 11.4 Å². The number of hydrogen-bond donors (Lipinski definition) is 0. The molecule has 0 amide bonds. The maximum atomic E-state index is 4.60. The van der Waals surface area contributed by atoms with E-state index in [2.05, 4.69) is 129 Å². The predicted octanol–water partition coefficient (Wildman–Crippen LogP) is 9.27. The lowest BCUT2D eigenvalue weighted by Crippen LogP contribution is -2.49. The number of benzene rings is 2. The van der Waals surface area contributed by atoms with Crippen LogP contribution in [0.1, 0.15) is 115 Å². The van der Waals surface area contributed by atoms with E-state index in [4.69, 9.17) is 0 Å². The first-order valence-corrected chi connectivity index (χ1v) is 12.6. The molecule has 1 heterocycles. The number of hydrogen-bond acceptors (Lipinski definition) is 2. The quantitative estimate of drug-likeness (QED) is 0.438. The fraction of sp³-hybridized carbons (Fsp3) is 0.484. The van der Waals surface area contributed by atoms with Gasteiger partial charge in [0.05, 0.1) is 22.8 Å². The monoisotopic (exact) mass is 444 g/mol. The molecule has 2 aromatic rings. The molecule has 178 valence electrons. The Hall–Kier alpha value is -2.48. The molecular weight excluding hydrogens is 400 g/mol. The minimum absolute atomic E-state index is 0.350. The predicted molar refractivity (Wildman–Crippen MR) is 147 cm³/mol. The Bertz CT molecular complexity index is 917. The van der Waals surface area contributed by atoms with E-state index in [-0.39, 0.29) is 5.66 Å². The molecule has 1 fully saturated rings. The van der Waals surface area contributed by atoms with E-state index in [1.54, 1.807) is 0 Å². The van der Waals surface area contributed by atoms with Gasteiger partial charge in [-0.1, -0.05) is 105 Å². The average molecular weight is 445 g/mol. The molecule has 1 aliphatic heterocycles. The molecule has 0 atom stereocenters. The number of anilines is 2. The Morgan fingerprint density at radius 1 is 0.545 bits per heavy atom. The molecule has 2 aromatic carbocycles. The molecule has 33 heavy (non-hydrogen) atoms. The first kappa shape index (κ1) is 25.1. The maximum absolute atomic E-state index is 4.60. The molecule has 1 aliphatic rings. The van der Waals surface area contributed by atoms with Gasteiger partial charge in [0.1, 0.15) is 5.66 Å². The van der Waals surface area contributed by atoms with Crippen molar-refractivity contribution >= 4 is 11.4 Å². The van der Waals surface area contributed by atoms with Crippen molar-refractivity contribution < 1.29 is 0 Å². The van der Waals surface area contributed by atoms with E-state index in [1.165, 1.54) is 33.6 Å². The summed E-state index contributed by atoms with van der Waals surface area (Å²) in [6.07, 6.45) is 0. The highest BCUT2D eigenvalue weighted by Crippen LogP contribution is 2.52. The van der Waals surface area contributed by atoms with E-state index in [1.807, 2.05) is 0 Å². The van der Waals surface area contributed by atoms with Crippen molar-refractivity contribution in [3.8, 4) is 0 Å². The van der Waals surface area contributed by atoms with Crippen molar-refractivity contribution in [1.29, 1.82) is 0 Å². The maximum Gasteiger partial charge on any atom is 0.116 e. The Kier molecular flexibility index (Phi) is 6.89. The van der Waals surface area contributed by atoms with Gasteiger partial charge >= 0.3 is 0 Å². The standard InChI is InChI=1S/C31H44N2/c1-19(2)25-15-13-16-26(20(3)4)29(25)32-23(9)24(10)33(31(32,11)12)30-27(21(5)6)17-14-18-28(30)22(7)8/h13-22H,9-10H2,1-8,11-12H3. The van der Waals surface area contributed by atoms with Crippen LogP contribution in [0.4, 0.5) is 11.4 Å². The molecule has 2 heteroatoms. The van der Waals surface area contributed by atoms with Crippen LogP contribution in [0, 0.1) is 0 Å². The summed E-state index contributed by atoms with van der Waals surface area (Å²) in [6, 6.07) is 13.5. The van der Waals surface area contributed by atoms with Crippen molar-refractivity contribution in [3.05, 3.63) is 83.2 Å². The van der Waals surface area contributed by atoms with Crippen LogP contribution in [0.25, 0.3) is 0 Å². The summed E-state index contributed by atoms with van der Waals surface area (Å²) in [4.78, 5) is 4.92. The van der Waals surface area contributed by atoms with E-state index >= 15 is 0 Å². The lowest BCUT2D eigenvalue weighted by Gasteiger charge is -2.43. The van der Waals surface area contributed by atoms with Gasteiger partial charge in [-0.25, -0.2) is 0 Å². The zero-order valence-electron chi connectivity index (χ0n) is 22.6. The largest absolute Gasteiger partial charge is 0.316 e. The summed E-state index contributed by atoms with van der Waals surface area (Å²) in [5, 5.41) is 0. The molecule has 0 bridgehead atoms.